The lowest BCUT2D eigenvalue weighted by atomic mass is 9.35. The zero-order chi connectivity index (χ0) is 29.9. The molecule has 228 valence electrons. The molecule has 0 amide bonds. The largest absolute Gasteiger partial charge is 0.462 e. The van der Waals surface area contributed by atoms with E-state index in [9.17, 15) is 14.4 Å². The van der Waals surface area contributed by atoms with Crippen LogP contribution in [0.3, 0.4) is 0 Å². The number of ether oxygens (including phenoxy) is 3. The summed E-state index contributed by atoms with van der Waals surface area (Å²) in [5.74, 6) is 0.257. The highest BCUT2D eigenvalue weighted by atomic mass is 16.6. The molecule has 0 spiro atoms. The number of carbonyl (C=O) groups excluding carboxylic acids is 3. The van der Waals surface area contributed by atoms with Crippen LogP contribution in [0.25, 0.3) is 0 Å². The molecule has 10 atom stereocenters. The van der Waals surface area contributed by atoms with E-state index in [0.717, 1.165) is 51.4 Å². The molecule has 7 heteroatoms. The van der Waals surface area contributed by atoms with Crippen molar-refractivity contribution in [1.82, 2.24) is 0 Å². The third-order valence-corrected chi connectivity index (χ3v) is 13.0. The van der Waals surface area contributed by atoms with Crippen LogP contribution in [0, 0.1) is 45.3 Å². The second-order valence-corrected chi connectivity index (χ2v) is 15.3. The Balaban J connectivity index is 1.77. The number of fused-ring (bicyclic) bond motifs is 5. The SMILES string of the molecule is CC(=O)OC1CC2[C@@]3(C)CC[C@H](OC(C)=O)C(C)(C)C3CC[C@@]2(C)[C@]2(C)CCC([C@](C)(CCCN)OC(C)=O)[C@@H]12. The first kappa shape index (κ1) is 31.3. The van der Waals surface area contributed by atoms with Gasteiger partial charge in [-0.1, -0.05) is 34.6 Å². The molecule has 0 aromatic rings. The second kappa shape index (κ2) is 10.6. The highest BCUT2D eigenvalue weighted by Crippen LogP contribution is 2.76. The Hall–Kier alpha value is -1.63. The van der Waals surface area contributed by atoms with Gasteiger partial charge in [-0.2, -0.15) is 0 Å². The molecule has 2 N–H and O–H groups in total. The monoisotopic (exact) mass is 561 g/mol. The first-order chi connectivity index (χ1) is 18.5. The lowest BCUT2D eigenvalue weighted by Gasteiger charge is -2.70. The molecule has 4 aliphatic rings. The highest BCUT2D eigenvalue weighted by Gasteiger charge is 2.72. The highest BCUT2D eigenvalue weighted by molar-refractivity contribution is 5.67. The van der Waals surface area contributed by atoms with Crippen molar-refractivity contribution in [3.8, 4) is 0 Å². The lowest BCUT2D eigenvalue weighted by molar-refractivity contribution is -0.253. The van der Waals surface area contributed by atoms with Crippen LogP contribution in [-0.4, -0.2) is 42.3 Å². The fourth-order valence-corrected chi connectivity index (χ4v) is 11.2. The maximum Gasteiger partial charge on any atom is 0.303 e. The van der Waals surface area contributed by atoms with Crippen molar-refractivity contribution < 1.29 is 28.6 Å². The summed E-state index contributed by atoms with van der Waals surface area (Å²) in [4.78, 5) is 36.9. The van der Waals surface area contributed by atoms with E-state index in [4.69, 9.17) is 19.9 Å². The maximum atomic E-state index is 12.6. The molecular weight excluding hydrogens is 506 g/mol. The van der Waals surface area contributed by atoms with Gasteiger partial charge in [0, 0.05) is 38.0 Å². The molecule has 4 unspecified atom stereocenters. The van der Waals surface area contributed by atoms with Crippen LogP contribution in [0.4, 0.5) is 0 Å². The average Bonchev–Trinajstić information content (AvgIpc) is 3.20. The summed E-state index contributed by atoms with van der Waals surface area (Å²) in [5.41, 5.74) is 5.14. The summed E-state index contributed by atoms with van der Waals surface area (Å²) in [6.45, 7) is 19.1. The van der Waals surface area contributed by atoms with E-state index < -0.39 is 5.60 Å². The summed E-state index contributed by atoms with van der Waals surface area (Å²) in [5, 5.41) is 0. The van der Waals surface area contributed by atoms with Crippen LogP contribution in [-0.2, 0) is 28.6 Å². The molecule has 0 radical (unpaired) electrons. The van der Waals surface area contributed by atoms with Gasteiger partial charge < -0.3 is 19.9 Å². The standard InChI is InChI=1S/C33H55NO6/c1-20(35)38-24-19-26-30(6)15-13-27(39-21(2)36)29(4,5)25(30)12-17-31(26,7)32(8)16-11-23(28(24)32)33(9,14-10-18-34)40-22(3)37/h23-28H,10-19,34H2,1-9H3/t23?,24?,25?,26?,27-,28-,30-,31+,32+,33-/m0/s1. The van der Waals surface area contributed by atoms with Gasteiger partial charge in [-0.3, -0.25) is 14.4 Å². The van der Waals surface area contributed by atoms with Gasteiger partial charge in [-0.15, -0.1) is 0 Å². The Kier molecular flexibility index (Phi) is 8.28. The Morgan fingerprint density at radius 1 is 0.825 bits per heavy atom. The van der Waals surface area contributed by atoms with Gasteiger partial charge in [0.2, 0.25) is 0 Å². The zero-order valence-corrected chi connectivity index (χ0v) is 26.6. The first-order valence-electron chi connectivity index (χ1n) is 15.7. The van der Waals surface area contributed by atoms with Gasteiger partial charge in [0.15, 0.2) is 0 Å². The van der Waals surface area contributed by atoms with E-state index in [-0.39, 0.29) is 63.6 Å². The number of carbonyl (C=O) groups is 3. The van der Waals surface area contributed by atoms with Crippen LogP contribution in [0.15, 0.2) is 0 Å². The Labute approximate surface area is 242 Å². The number of esters is 3. The van der Waals surface area contributed by atoms with Crippen molar-refractivity contribution >= 4 is 17.9 Å². The molecule has 40 heavy (non-hydrogen) atoms. The van der Waals surface area contributed by atoms with Crippen molar-refractivity contribution in [2.24, 2.45) is 51.1 Å². The maximum absolute atomic E-state index is 12.6. The topological polar surface area (TPSA) is 105 Å². The summed E-state index contributed by atoms with van der Waals surface area (Å²) >= 11 is 0. The molecule has 0 saturated heterocycles. The van der Waals surface area contributed by atoms with Gasteiger partial charge in [0.1, 0.15) is 17.8 Å². The fraction of sp³-hybridized carbons (Fsp3) is 0.909. The summed E-state index contributed by atoms with van der Waals surface area (Å²) < 4.78 is 18.3. The molecule has 4 saturated carbocycles. The molecular formula is C33H55NO6. The van der Waals surface area contributed by atoms with E-state index >= 15 is 0 Å². The van der Waals surface area contributed by atoms with E-state index in [1.54, 1.807) is 0 Å². The second-order valence-electron chi connectivity index (χ2n) is 15.3. The number of rotatable bonds is 7. The van der Waals surface area contributed by atoms with Crippen LogP contribution < -0.4 is 5.73 Å². The molecule has 0 aromatic carbocycles. The third kappa shape index (κ3) is 4.80. The summed E-state index contributed by atoms with van der Waals surface area (Å²) in [6.07, 6.45) is 8.00. The minimum Gasteiger partial charge on any atom is -0.462 e. The minimum atomic E-state index is -0.652. The molecule has 7 nitrogen and oxygen atoms in total. The van der Waals surface area contributed by atoms with Crippen molar-refractivity contribution in [3.05, 3.63) is 0 Å². The molecule has 4 fully saturated rings. The molecule has 0 aromatic heterocycles. The predicted octanol–water partition coefficient (Wildman–Crippen LogP) is 6.21. The molecule has 4 aliphatic carbocycles. The Morgan fingerprint density at radius 2 is 1.45 bits per heavy atom. The van der Waals surface area contributed by atoms with Crippen LogP contribution in [0.2, 0.25) is 0 Å². The van der Waals surface area contributed by atoms with Gasteiger partial charge in [0.05, 0.1) is 0 Å². The Morgan fingerprint density at radius 3 is 2.02 bits per heavy atom. The van der Waals surface area contributed by atoms with E-state index in [1.807, 2.05) is 0 Å². The van der Waals surface area contributed by atoms with Crippen molar-refractivity contribution in [2.45, 2.75) is 138 Å². The van der Waals surface area contributed by atoms with Crippen LogP contribution >= 0.6 is 0 Å². The number of nitrogens with two attached hydrogens (primary N) is 1. The van der Waals surface area contributed by atoms with E-state index in [2.05, 4.69) is 41.5 Å². The number of hydrogen-bond donors (Lipinski definition) is 1. The smallest absolute Gasteiger partial charge is 0.303 e. The molecule has 0 bridgehead atoms. The van der Waals surface area contributed by atoms with Gasteiger partial charge in [-0.25, -0.2) is 0 Å². The fourth-order valence-electron chi connectivity index (χ4n) is 11.2. The molecule has 0 aliphatic heterocycles. The molecule has 0 heterocycles. The first-order valence-corrected chi connectivity index (χ1v) is 15.7. The zero-order valence-electron chi connectivity index (χ0n) is 26.6. The summed E-state index contributed by atoms with van der Waals surface area (Å²) in [6, 6.07) is 0. The van der Waals surface area contributed by atoms with Crippen molar-refractivity contribution in [3.63, 3.8) is 0 Å². The van der Waals surface area contributed by atoms with Crippen LogP contribution in [0.5, 0.6) is 0 Å². The third-order valence-electron chi connectivity index (χ3n) is 13.0. The van der Waals surface area contributed by atoms with Gasteiger partial charge in [-0.05, 0) is 99.3 Å². The quantitative estimate of drug-likeness (QED) is 0.291. The van der Waals surface area contributed by atoms with Gasteiger partial charge in [0.25, 0.3) is 0 Å². The van der Waals surface area contributed by atoms with Crippen molar-refractivity contribution in [2.75, 3.05) is 6.54 Å². The minimum absolute atomic E-state index is 0.0380. The normalized spacial score (nSPS) is 43.4. The number of hydrogen-bond acceptors (Lipinski definition) is 7. The average molecular weight is 562 g/mol. The Bertz CT molecular complexity index is 1010. The predicted molar refractivity (Wildman–Crippen MR) is 154 cm³/mol. The van der Waals surface area contributed by atoms with E-state index in [0.29, 0.717) is 24.8 Å². The van der Waals surface area contributed by atoms with Crippen LogP contribution in [0.1, 0.15) is 120 Å². The lowest BCUT2D eigenvalue weighted by Crippen LogP contribution is -2.67. The van der Waals surface area contributed by atoms with Crippen molar-refractivity contribution in [1.29, 1.82) is 0 Å². The molecule has 4 rings (SSSR count). The van der Waals surface area contributed by atoms with Gasteiger partial charge >= 0.3 is 17.9 Å². The summed E-state index contributed by atoms with van der Waals surface area (Å²) in [7, 11) is 0. The van der Waals surface area contributed by atoms with E-state index in [1.165, 1.54) is 20.8 Å².